The number of esters is 1. The fraction of sp³-hybridized carbons (Fsp3) is 0.778. The molecule has 0 unspecified atom stereocenters. The SMILES string of the molecule is CCCCS(=O)(=O)/C=C1/C(=O)C(C)(C)[C@@H]2CC[C@]3(C)C(=CC(=O)[C@@H]4[C@@H]5CC(C)(C)CC[C@]5(C(=O)OC)CC[C@]43C)[C@@]2(C)C1=O. The summed E-state index contributed by atoms with van der Waals surface area (Å²) in [7, 11) is -2.34. The Bertz CT molecular complexity index is 1480. The number of sulfone groups is 1. The van der Waals surface area contributed by atoms with Crippen molar-refractivity contribution in [2.75, 3.05) is 12.9 Å². The number of ether oxygens (including phenoxy) is 1. The zero-order valence-corrected chi connectivity index (χ0v) is 29.0. The van der Waals surface area contributed by atoms with Crippen molar-refractivity contribution >= 4 is 33.2 Å². The van der Waals surface area contributed by atoms with Gasteiger partial charge in [0.1, 0.15) is 0 Å². The number of carbonyl (C=O) groups excluding carboxylic acids is 4. The number of Topliss-reactive ketones (excluding diaryl/α,β-unsaturated/α-hetero) is 2. The first-order chi connectivity index (χ1) is 20.2. The lowest BCUT2D eigenvalue weighted by Crippen LogP contribution is -2.67. The van der Waals surface area contributed by atoms with Crippen molar-refractivity contribution in [3.63, 3.8) is 0 Å². The van der Waals surface area contributed by atoms with E-state index in [1.807, 2.05) is 27.7 Å². The predicted octanol–water partition coefficient (Wildman–Crippen LogP) is 6.60. The van der Waals surface area contributed by atoms with Crippen LogP contribution in [-0.2, 0) is 33.8 Å². The minimum Gasteiger partial charge on any atom is -0.469 e. The number of allylic oxidation sites excluding steroid dienone is 3. The van der Waals surface area contributed by atoms with E-state index in [9.17, 15) is 27.6 Å². The van der Waals surface area contributed by atoms with Crippen molar-refractivity contribution in [2.24, 2.45) is 50.2 Å². The van der Waals surface area contributed by atoms with Gasteiger partial charge < -0.3 is 4.74 Å². The lowest BCUT2D eigenvalue weighted by atomic mass is 9.33. The van der Waals surface area contributed by atoms with Gasteiger partial charge in [0.25, 0.3) is 0 Å². The average molecular weight is 629 g/mol. The Morgan fingerprint density at radius 1 is 0.955 bits per heavy atom. The highest BCUT2D eigenvalue weighted by atomic mass is 32.2. The van der Waals surface area contributed by atoms with E-state index in [1.54, 1.807) is 6.08 Å². The van der Waals surface area contributed by atoms with Crippen LogP contribution in [0.3, 0.4) is 0 Å². The molecular weight excluding hydrogens is 576 g/mol. The summed E-state index contributed by atoms with van der Waals surface area (Å²) in [6.45, 7) is 16.2. The number of rotatable bonds is 5. The van der Waals surface area contributed by atoms with Crippen molar-refractivity contribution < 1.29 is 32.3 Å². The summed E-state index contributed by atoms with van der Waals surface area (Å²) in [6, 6.07) is 0. The zero-order valence-electron chi connectivity index (χ0n) is 28.2. The Kier molecular flexibility index (Phi) is 7.72. The standard InChI is InChI=1S/C36H52O7S/c1-10-11-18-44(41,42)21-22-28(38)32(4,5)25-12-13-33(6)26(35(25,8)29(22)39)19-24(37)27-23-20-31(2,3)14-16-36(23,30(40)43-9)17-15-34(27,33)7/h19,21,23,25,27H,10-18,20H2,1-9H3/b22-21-/t23-,25-,27-,33+,34+,35-,36-/m0/s1. The predicted molar refractivity (Wildman–Crippen MR) is 169 cm³/mol. The normalized spacial score (nSPS) is 42.0. The number of carbonyl (C=O) groups is 4. The maximum absolute atomic E-state index is 14.6. The second-order valence-electron chi connectivity index (χ2n) is 16.7. The molecule has 0 N–H and O–H groups in total. The number of hydrogen-bond acceptors (Lipinski definition) is 7. The van der Waals surface area contributed by atoms with Gasteiger partial charge in [0, 0.05) is 16.7 Å². The van der Waals surface area contributed by atoms with Gasteiger partial charge in [0.2, 0.25) is 0 Å². The molecular formula is C36H52O7S. The Labute approximate surface area is 263 Å². The molecule has 0 radical (unpaired) electrons. The van der Waals surface area contributed by atoms with Gasteiger partial charge in [-0.2, -0.15) is 0 Å². The van der Waals surface area contributed by atoms with Crippen molar-refractivity contribution in [3.05, 3.63) is 22.6 Å². The number of hydrogen-bond donors (Lipinski definition) is 0. The van der Waals surface area contributed by atoms with Gasteiger partial charge in [-0.25, -0.2) is 8.42 Å². The number of methoxy groups -OCH3 is 1. The van der Waals surface area contributed by atoms with Crippen LogP contribution in [-0.4, -0.2) is 44.6 Å². The number of ketones is 3. The summed E-state index contributed by atoms with van der Waals surface area (Å²) < 4.78 is 31.5. The minimum absolute atomic E-state index is 0.0259. The van der Waals surface area contributed by atoms with Crippen LogP contribution >= 0.6 is 0 Å². The fourth-order valence-electron chi connectivity index (χ4n) is 10.9. The molecule has 0 amide bonds. The highest BCUT2D eigenvalue weighted by Gasteiger charge is 2.73. The molecule has 4 saturated carbocycles. The molecule has 0 aliphatic heterocycles. The topological polar surface area (TPSA) is 112 Å². The Balaban J connectivity index is 1.69. The van der Waals surface area contributed by atoms with E-state index in [0.717, 1.165) is 23.8 Å². The van der Waals surface area contributed by atoms with Crippen LogP contribution in [0.2, 0.25) is 0 Å². The molecule has 7 atom stereocenters. The van der Waals surface area contributed by atoms with Crippen LogP contribution in [0.4, 0.5) is 0 Å². The van der Waals surface area contributed by atoms with Crippen molar-refractivity contribution in [1.29, 1.82) is 0 Å². The highest BCUT2D eigenvalue weighted by Crippen LogP contribution is 2.74. The van der Waals surface area contributed by atoms with E-state index in [-0.39, 0.29) is 40.3 Å². The van der Waals surface area contributed by atoms with E-state index in [2.05, 4.69) is 27.7 Å². The third-order valence-corrected chi connectivity index (χ3v) is 15.1. The van der Waals surface area contributed by atoms with E-state index in [1.165, 1.54) is 7.11 Å². The number of unbranched alkanes of at least 4 members (excludes halogenated alkanes) is 1. The second kappa shape index (κ2) is 10.2. The Hall–Kier alpha value is -2.09. The molecule has 0 bridgehead atoms. The highest BCUT2D eigenvalue weighted by molar-refractivity contribution is 7.94. The molecule has 7 nitrogen and oxygen atoms in total. The van der Waals surface area contributed by atoms with Crippen LogP contribution in [0.25, 0.3) is 0 Å². The largest absolute Gasteiger partial charge is 0.469 e. The molecule has 0 heterocycles. The van der Waals surface area contributed by atoms with Gasteiger partial charge in [-0.15, -0.1) is 0 Å². The first kappa shape index (κ1) is 33.3. The maximum atomic E-state index is 14.6. The molecule has 0 aromatic rings. The molecule has 8 heteroatoms. The molecule has 44 heavy (non-hydrogen) atoms. The molecule has 5 rings (SSSR count). The lowest BCUT2D eigenvalue weighted by Gasteiger charge is -2.68. The van der Waals surface area contributed by atoms with Crippen molar-refractivity contribution in [3.8, 4) is 0 Å². The zero-order chi connectivity index (χ0) is 32.9. The molecule has 5 aliphatic carbocycles. The lowest BCUT2D eigenvalue weighted by molar-refractivity contribution is -0.192. The molecule has 4 fully saturated rings. The molecule has 0 aromatic heterocycles. The number of fused-ring (bicyclic) bond motifs is 7. The molecule has 5 aliphatic rings. The summed E-state index contributed by atoms with van der Waals surface area (Å²) in [5, 5.41) is 0.938. The van der Waals surface area contributed by atoms with Crippen LogP contribution < -0.4 is 0 Å². The smallest absolute Gasteiger partial charge is 0.312 e. The van der Waals surface area contributed by atoms with Crippen molar-refractivity contribution in [1.82, 2.24) is 0 Å². The quantitative estimate of drug-likeness (QED) is 0.192. The summed E-state index contributed by atoms with van der Waals surface area (Å²) in [5.74, 6) is -2.24. The molecule has 0 spiro atoms. The van der Waals surface area contributed by atoms with E-state index in [0.29, 0.717) is 44.9 Å². The van der Waals surface area contributed by atoms with Gasteiger partial charge in [0.15, 0.2) is 27.2 Å². The van der Waals surface area contributed by atoms with Crippen LogP contribution in [0.1, 0.15) is 113 Å². The Morgan fingerprint density at radius 2 is 1.59 bits per heavy atom. The fourth-order valence-corrected chi connectivity index (χ4v) is 12.2. The average Bonchev–Trinajstić information content (AvgIpc) is 2.94. The minimum atomic E-state index is -3.79. The third-order valence-electron chi connectivity index (χ3n) is 13.6. The van der Waals surface area contributed by atoms with Gasteiger partial charge >= 0.3 is 5.97 Å². The van der Waals surface area contributed by atoms with Gasteiger partial charge in [0.05, 0.1) is 29.3 Å². The summed E-state index contributed by atoms with van der Waals surface area (Å²) in [6.07, 6.45) is 7.74. The van der Waals surface area contributed by atoms with Gasteiger partial charge in [-0.3, -0.25) is 19.2 Å². The third kappa shape index (κ3) is 4.35. The van der Waals surface area contributed by atoms with E-state index < -0.39 is 54.4 Å². The van der Waals surface area contributed by atoms with Crippen LogP contribution in [0.15, 0.2) is 22.6 Å². The molecule has 0 aromatic carbocycles. The van der Waals surface area contributed by atoms with Crippen LogP contribution in [0, 0.1) is 50.2 Å². The maximum Gasteiger partial charge on any atom is 0.312 e. The van der Waals surface area contributed by atoms with E-state index in [4.69, 9.17) is 4.74 Å². The van der Waals surface area contributed by atoms with Gasteiger partial charge in [-0.05, 0) is 98.0 Å². The summed E-state index contributed by atoms with van der Waals surface area (Å²) in [4.78, 5) is 56.6. The molecule has 244 valence electrons. The van der Waals surface area contributed by atoms with Gasteiger partial charge in [-0.1, -0.05) is 54.9 Å². The van der Waals surface area contributed by atoms with E-state index >= 15 is 0 Å². The molecule has 0 saturated heterocycles. The summed E-state index contributed by atoms with van der Waals surface area (Å²) in [5.41, 5.74) is -3.52. The monoisotopic (exact) mass is 628 g/mol. The second-order valence-corrected chi connectivity index (χ2v) is 18.7. The van der Waals surface area contributed by atoms with Crippen LogP contribution in [0.5, 0.6) is 0 Å². The van der Waals surface area contributed by atoms with Crippen molar-refractivity contribution in [2.45, 2.75) is 113 Å². The summed E-state index contributed by atoms with van der Waals surface area (Å²) >= 11 is 0. The first-order valence-corrected chi connectivity index (χ1v) is 18.3. The first-order valence-electron chi connectivity index (χ1n) is 16.6. The Morgan fingerprint density at radius 3 is 2.20 bits per heavy atom.